The first kappa shape index (κ1) is 23.0. The molecule has 2 aromatic rings. The van der Waals surface area contributed by atoms with Crippen molar-refractivity contribution in [3.05, 3.63) is 36.0 Å². The molecule has 3 aliphatic rings. The van der Waals surface area contributed by atoms with Crippen LogP contribution in [0.4, 0.5) is 4.79 Å². The van der Waals surface area contributed by atoms with Gasteiger partial charge in [0.15, 0.2) is 0 Å². The third-order valence-electron chi connectivity index (χ3n) is 7.56. The highest BCUT2D eigenvalue weighted by molar-refractivity contribution is 7.89. The lowest BCUT2D eigenvalue weighted by molar-refractivity contribution is -0.125. The Morgan fingerprint density at radius 1 is 1.15 bits per heavy atom. The van der Waals surface area contributed by atoms with Gasteiger partial charge in [0.1, 0.15) is 11.4 Å². The van der Waals surface area contributed by atoms with Gasteiger partial charge in [0.2, 0.25) is 10.0 Å². The first-order chi connectivity index (χ1) is 16.3. The summed E-state index contributed by atoms with van der Waals surface area (Å²) in [6.45, 7) is 0.514. The molecular weight excluding hydrogens is 456 g/mol. The van der Waals surface area contributed by atoms with E-state index in [1.54, 1.807) is 12.1 Å². The van der Waals surface area contributed by atoms with Gasteiger partial charge in [0, 0.05) is 30.6 Å². The van der Waals surface area contributed by atoms with Gasteiger partial charge in [0.25, 0.3) is 5.91 Å². The van der Waals surface area contributed by atoms with Gasteiger partial charge in [-0.1, -0.05) is 37.5 Å². The highest BCUT2D eigenvalue weighted by atomic mass is 32.2. The topological polar surface area (TPSA) is 121 Å². The van der Waals surface area contributed by atoms with Crippen LogP contribution < -0.4 is 5.32 Å². The average molecular weight is 487 g/mol. The van der Waals surface area contributed by atoms with E-state index in [0.29, 0.717) is 29.8 Å². The fourth-order valence-corrected chi connectivity index (χ4v) is 7.06. The van der Waals surface area contributed by atoms with Crippen LogP contribution >= 0.6 is 0 Å². The minimum atomic E-state index is -3.57. The highest BCUT2D eigenvalue weighted by Gasteiger charge is 2.48. The Balaban J connectivity index is 1.26. The molecule has 0 radical (unpaired) electrons. The second-order valence-electron chi connectivity index (χ2n) is 9.61. The Morgan fingerprint density at radius 2 is 1.88 bits per heavy atom. The van der Waals surface area contributed by atoms with Crippen molar-refractivity contribution < 1.29 is 23.1 Å². The number of nitrogens with one attached hydrogen (secondary N) is 1. The molecule has 2 N–H and O–H groups in total. The molecule has 0 atom stereocenters. The lowest BCUT2D eigenvalue weighted by atomic mass is 9.88. The maximum absolute atomic E-state index is 13.1. The van der Waals surface area contributed by atoms with Crippen molar-refractivity contribution >= 4 is 38.8 Å². The van der Waals surface area contributed by atoms with Gasteiger partial charge in [0.05, 0.1) is 11.3 Å². The van der Waals surface area contributed by atoms with Gasteiger partial charge < -0.3 is 10.4 Å². The number of amides is 1. The molecule has 1 saturated carbocycles. The Bertz CT molecular complexity index is 1250. The average Bonchev–Trinajstić information content (AvgIpc) is 3.41. The van der Waals surface area contributed by atoms with Crippen LogP contribution in [0.15, 0.2) is 35.5 Å². The number of hydrogen-bond acceptors (Lipinski definition) is 5. The standard InChI is InChI=1S/C24H30N4O5S/c29-22-24(26-21(25-22)19-5-2-1-3-6-19)11-14-27(15-12-24)34(32,33)16-10-18-8-4-7-17-9-13-28(20(17)18)23(30)31/h4,7-9,13,19H,1-3,5-6,10-12,14-16H2,(H,30,31)(H,25,26,29). The number of hydrogen-bond donors (Lipinski definition) is 2. The number of nitrogens with zero attached hydrogens (tertiary/aromatic N) is 3. The zero-order valence-electron chi connectivity index (χ0n) is 19.1. The van der Waals surface area contributed by atoms with Crippen molar-refractivity contribution in [2.24, 2.45) is 10.9 Å². The van der Waals surface area contributed by atoms with E-state index in [2.05, 4.69) is 5.32 Å². The Hall–Kier alpha value is -2.72. The molecule has 3 heterocycles. The predicted octanol–water partition coefficient (Wildman–Crippen LogP) is 2.98. The van der Waals surface area contributed by atoms with E-state index < -0.39 is 21.7 Å². The Morgan fingerprint density at radius 3 is 2.59 bits per heavy atom. The largest absolute Gasteiger partial charge is 0.464 e. The summed E-state index contributed by atoms with van der Waals surface area (Å²) >= 11 is 0. The fourth-order valence-electron chi connectivity index (χ4n) is 5.58. The van der Waals surface area contributed by atoms with Crippen LogP contribution in [0.2, 0.25) is 0 Å². The van der Waals surface area contributed by atoms with Crippen molar-refractivity contribution in [1.82, 2.24) is 14.2 Å². The van der Waals surface area contributed by atoms with Gasteiger partial charge in [-0.15, -0.1) is 0 Å². The minimum absolute atomic E-state index is 0.0915. The molecule has 1 saturated heterocycles. The molecule has 1 aromatic carbocycles. The molecule has 2 fully saturated rings. The maximum Gasteiger partial charge on any atom is 0.416 e. The molecule has 182 valence electrons. The van der Waals surface area contributed by atoms with E-state index in [-0.39, 0.29) is 31.2 Å². The Labute approximate surface area is 198 Å². The number of rotatable bonds is 5. The summed E-state index contributed by atoms with van der Waals surface area (Å²) in [5.41, 5.74) is 0.362. The summed E-state index contributed by atoms with van der Waals surface area (Å²) in [4.78, 5) is 29.2. The molecule has 1 aliphatic carbocycles. The van der Waals surface area contributed by atoms with Gasteiger partial charge >= 0.3 is 6.09 Å². The van der Waals surface area contributed by atoms with Crippen molar-refractivity contribution in [2.75, 3.05) is 18.8 Å². The molecule has 1 spiro atoms. The van der Waals surface area contributed by atoms with E-state index in [1.807, 2.05) is 12.1 Å². The summed E-state index contributed by atoms with van der Waals surface area (Å²) < 4.78 is 28.8. The second-order valence-corrected chi connectivity index (χ2v) is 11.7. The van der Waals surface area contributed by atoms with E-state index in [4.69, 9.17) is 4.99 Å². The Kier molecular flexibility index (Phi) is 5.97. The number of aliphatic imine (C=N–C) groups is 1. The van der Waals surface area contributed by atoms with E-state index in [1.165, 1.54) is 16.9 Å². The summed E-state index contributed by atoms with van der Waals surface area (Å²) in [6.07, 6.45) is 6.99. The van der Waals surface area contributed by atoms with Crippen LogP contribution in [0.1, 0.15) is 50.5 Å². The highest BCUT2D eigenvalue weighted by Crippen LogP contribution is 2.35. The second kappa shape index (κ2) is 8.81. The van der Waals surface area contributed by atoms with Crippen LogP contribution in [-0.2, 0) is 21.2 Å². The third-order valence-corrected chi connectivity index (χ3v) is 9.44. The molecule has 34 heavy (non-hydrogen) atoms. The normalized spacial score (nSPS) is 21.6. The number of carbonyl (C=O) groups is 2. The number of carboxylic acid groups (broad SMARTS) is 1. The third kappa shape index (κ3) is 4.13. The lowest BCUT2D eigenvalue weighted by Crippen LogP contribution is -2.51. The zero-order valence-corrected chi connectivity index (χ0v) is 19.9. The lowest BCUT2D eigenvalue weighted by Gasteiger charge is -2.34. The molecule has 0 unspecified atom stereocenters. The summed E-state index contributed by atoms with van der Waals surface area (Å²) in [5.74, 6) is 0.903. The first-order valence-electron chi connectivity index (χ1n) is 12.0. The number of fused-ring (bicyclic) bond motifs is 1. The smallest absolute Gasteiger partial charge is 0.416 e. The van der Waals surface area contributed by atoms with E-state index in [0.717, 1.165) is 41.5 Å². The van der Waals surface area contributed by atoms with Gasteiger partial charge in [-0.25, -0.2) is 17.5 Å². The molecule has 1 amide bonds. The van der Waals surface area contributed by atoms with Crippen LogP contribution in [-0.4, -0.2) is 64.6 Å². The molecular formula is C24H30N4O5S. The first-order valence-corrected chi connectivity index (χ1v) is 13.6. The number of benzene rings is 1. The maximum atomic E-state index is 13.1. The number of para-hydroxylation sites is 1. The molecule has 2 aliphatic heterocycles. The molecule has 0 bridgehead atoms. The number of aryl methyl sites for hydroxylation is 1. The zero-order chi connectivity index (χ0) is 23.9. The summed E-state index contributed by atoms with van der Waals surface area (Å²) in [5, 5.41) is 13.2. The number of sulfonamides is 1. The number of piperidine rings is 1. The van der Waals surface area contributed by atoms with Crippen LogP contribution in [0, 0.1) is 5.92 Å². The van der Waals surface area contributed by atoms with E-state index in [9.17, 15) is 23.1 Å². The summed E-state index contributed by atoms with van der Waals surface area (Å²) in [6, 6.07) is 7.10. The van der Waals surface area contributed by atoms with Crippen molar-refractivity contribution in [3.63, 3.8) is 0 Å². The van der Waals surface area contributed by atoms with Gasteiger partial charge in [-0.3, -0.25) is 14.4 Å². The SMILES string of the molecule is O=C(O)n1ccc2cccc(CCS(=O)(=O)N3CCC4(CC3)N=C(C3CCCCC3)NC4=O)c21. The molecule has 10 heteroatoms. The fraction of sp³-hybridized carbons (Fsp3) is 0.542. The molecule has 9 nitrogen and oxygen atoms in total. The van der Waals surface area contributed by atoms with Crippen molar-refractivity contribution in [2.45, 2.75) is 56.9 Å². The van der Waals surface area contributed by atoms with Crippen LogP contribution in [0.3, 0.4) is 0 Å². The van der Waals surface area contributed by atoms with Crippen molar-refractivity contribution in [1.29, 1.82) is 0 Å². The van der Waals surface area contributed by atoms with E-state index >= 15 is 0 Å². The van der Waals surface area contributed by atoms with Gasteiger partial charge in [-0.2, -0.15) is 0 Å². The molecule has 1 aromatic heterocycles. The number of carbonyl (C=O) groups excluding carboxylic acids is 1. The summed E-state index contributed by atoms with van der Waals surface area (Å²) in [7, 11) is -3.57. The number of amidine groups is 1. The minimum Gasteiger partial charge on any atom is -0.464 e. The van der Waals surface area contributed by atoms with Crippen LogP contribution in [0.5, 0.6) is 0 Å². The predicted molar refractivity (Wildman–Crippen MR) is 129 cm³/mol. The molecule has 5 rings (SSSR count). The van der Waals surface area contributed by atoms with Gasteiger partial charge in [-0.05, 0) is 43.7 Å². The van der Waals surface area contributed by atoms with Crippen molar-refractivity contribution in [3.8, 4) is 0 Å². The van der Waals surface area contributed by atoms with Crippen LogP contribution in [0.25, 0.3) is 10.9 Å². The monoisotopic (exact) mass is 486 g/mol. The number of aromatic nitrogens is 1. The quantitative estimate of drug-likeness (QED) is 0.673.